The molecule has 0 amide bonds. The molecule has 1 spiro atoms. The molecule has 2 fully saturated rings. The number of halogens is 5. The van der Waals surface area contributed by atoms with Gasteiger partial charge in [0.2, 0.25) is 0 Å². The maximum absolute atomic E-state index is 14.9. The topological polar surface area (TPSA) is 26.9 Å². The molecule has 2 aromatic carbocycles. The second-order valence-electron chi connectivity index (χ2n) is 10.5. The molecule has 178 valence electrons. The first-order valence-electron chi connectivity index (χ1n) is 11.3. The monoisotopic (exact) mass is 474 g/mol. The average molecular weight is 474 g/mol. The number of aromatic nitrogens is 2. The molecule has 3 atom stereocenters. The van der Waals surface area contributed by atoms with E-state index in [1.807, 2.05) is 0 Å². The zero-order valence-electron chi connectivity index (χ0n) is 18.9. The fourth-order valence-electron chi connectivity index (χ4n) is 7.60. The van der Waals surface area contributed by atoms with Crippen LogP contribution in [0.3, 0.4) is 0 Å². The van der Waals surface area contributed by atoms with Crippen LogP contribution in [0.25, 0.3) is 5.69 Å². The highest BCUT2D eigenvalue weighted by atomic mass is 19.4. The molecule has 8 heteroatoms. The Kier molecular flexibility index (Phi) is 3.94. The van der Waals surface area contributed by atoms with Gasteiger partial charge in [0.15, 0.2) is 5.82 Å². The molecule has 0 bridgehead atoms. The molecule has 34 heavy (non-hydrogen) atoms. The van der Waals surface area contributed by atoms with Crippen molar-refractivity contribution in [2.45, 2.75) is 57.7 Å². The third-order valence-corrected chi connectivity index (χ3v) is 9.40. The van der Waals surface area contributed by atoms with E-state index in [4.69, 9.17) is 0 Å². The molecule has 0 aliphatic heterocycles. The Bertz CT molecular complexity index is 1430. The lowest BCUT2D eigenvalue weighted by atomic mass is 9.65. The zero-order valence-corrected chi connectivity index (χ0v) is 18.9. The Labute approximate surface area is 192 Å². The van der Waals surface area contributed by atoms with E-state index in [1.165, 1.54) is 28.9 Å². The van der Waals surface area contributed by atoms with Gasteiger partial charge < -0.3 is 0 Å². The third kappa shape index (κ3) is 2.20. The predicted molar refractivity (Wildman–Crippen MR) is 116 cm³/mol. The van der Waals surface area contributed by atoms with Crippen LogP contribution in [0.1, 0.15) is 61.9 Å². The van der Waals surface area contributed by atoms with E-state index in [2.05, 4.69) is 20.8 Å². The highest BCUT2D eigenvalue weighted by Gasteiger charge is 2.90. The van der Waals surface area contributed by atoms with Crippen molar-refractivity contribution in [3.05, 3.63) is 86.8 Å². The largest absolute Gasteiger partial charge is 0.416 e. The summed E-state index contributed by atoms with van der Waals surface area (Å²) in [5, 5.41) is 0. The fourth-order valence-corrected chi connectivity index (χ4v) is 7.60. The van der Waals surface area contributed by atoms with Crippen LogP contribution >= 0.6 is 0 Å². The summed E-state index contributed by atoms with van der Waals surface area (Å²) in [4.78, 5) is 13.8. The molecule has 3 aromatic rings. The van der Waals surface area contributed by atoms with Crippen molar-refractivity contribution in [2.75, 3.05) is 0 Å². The molecule has 0 N–H and O–H groups in total. The summed E-state index contributed by atoms with van der Waals surface area (Å²) in [5.41, 5.74) is -0.836. The molecule has 3 aliphatic carbocycles. The molecule has 2 saturated carbocycles. The van der Waals surface area contributed by atoms with Gasteiger partial charge >= 0.3 is 6.18 Å². The van der Waals surface area contributed by atoms with Crippen molar-refractivity contribution < 1.29 is 22.0 Å². The van der Waals surface area contributed by atoms with E-state index in [0.717, 1.165) is 29.7 Å². The summed E-state index contributed by atoms with van der Waals surface area (Å²) < 4.78 is 72.6. The summed E-state index contributed by atoms with van der Waals surface area (Å²) in [7, 11) is 0. The molecule has 0 saturated heterocycles. The molecule has 0 radical (unpaired) electrons. The number of benzene rings is 2. The number of nitrogens with zero attached hydrogens (tertiary/aromatic N) is 2. The van der Waals surface area contributed by atoms with E-state index in [-0.39, 0.29) is 34.5 Å². The van der Waals surface area contributed by atoms with Gasteiger partial charge in [0.1, 0.15) is 11.5 Å². The van der Waals surface area contributed by atoms with E-state index in [0.29, 0.717) is 17.3 Å². The van der Waals surface area contributed by atoms with Gasteiger partial charge in [-0.1, -0.05) is 39.0 Å². The van der Waals surface area contributed by atoms with E-state index in [9.17, 15) is 26.7 Å². The lowest BCUT2D eigenvalue weighted by Crippen LogP contribution is -2.34. The van der Waals surface area contributed by atoms with Crippen LogP contribution in [-0.4, -0.2) is 9.36 Å². The third-order valence-electron chi connectivity index (χ3n) is 9.40. The minimum absolute atomic E-state index is 0.0103. The van der Waals surface area contributed by atoms with Gasteiger partial charge in [0, 0.05) is 17.0 Å². The van der Waals surface area contributed by atoms with E-state index < -0.39 is 34.3 Å². The van der Waals surface area contributed by atoms with Gasteiger partial charge in [-0.15, -0.1) is 0 Å². The molecular formula is C26H23F5N2O. The standard InChI is InChI=1S/C26H23F5N2O/c1-23(2)24(3)21-20(17-10-11-25(17,23)24)22(34)33(19-9-8-15(27)12-18(19)28)32(21)13-14-6-4-5-7-16(14)26(29,30)31/h4-9,12,17H,10-11,13H2,1-3H3/t17?,24-,25?/m0/s1. The van der Waals surface area contributed by atoms with E-state index in [1.54, 1.807) is 0 Å². The zero-order chi connectivity index (χ0) is 24.4. The van der Waals surface area contributed by atoms with Crippen molar-refractivity contribution in [1.82, 2.24) is 9.36 Å². The Morgan fingerprint density at radius 2 is 1.76 bits per heavy atom. The Morgan fingerprint density at radius 1 is 1.06 bits per heavy atom. The summed E-state index contributed by atoms with van der Waals surface area (Å²) in [6.45, 7) is 6.08. The second kappa shape index (κ2) is 6.20. The molecule has 6 rings (SSSR count). The van der Waals surface area contributed by atoms with Gasteiger partial charge in [-0.3, -0.25) is 9.48 Å². The van der Waals surface area contributed by atoms with Crippen LogP contribution < -0.4 is 5.56 Å². The quantitative estimate of drug-likeness (QED) is 0.418. The molecular weight excluding hydrogens is 451 g/mol. The molecule has 1 aromatic heterocycles. The van der Waals surface area contributed by atoms with Crippen LogP contribution in [0.5, 0.6) is 0 Å². The van der Waals surface area contributed by atoms with Crippen molar-refractivity contribution in [3.8, 4) is 5.69 Å². The van der Waals surface area contributed by atoms with Crippen molar-refractivity contribution in [1.29, 1.82) is 0 Å². The second-order valence-corrected chi connectivity index (χ2v) is 10.5. The number of hydrogen-bond acceptors (Lipinski definition) is 1. The molecule has 2 unspecified atom stereocenters. The van der Waals surface area contributed by atoms with Crippen LogP contribution in [0, 0.1) is 22.5 Å². The van der Waals surface area contributed by atoms with Gasteiger partial charge in [-0.05, 0) is 53.4 Å². The number of rotatable bonds is 3. The smallest absolute Gasteiger partial charge is 0.277 e. The van der Waals surface area contributed by atoms with Crippen molar-refractivity contribution in [2.24, 2.45) is 10.8 Å². The SMILES string of the molecule is CC1(C)C23CCC2c2c(n(Cc4ccccc4C(F)(F)F)n(-c4ccc(F)cc4F)c2=O)[C@@]13C. The number of alkyl halides is 3. The lowest BCUT2D eigenvalue weighted by Gasteiger charge is -2.38. The first kappa shape index (κ1) is 21.6. The highest BCUT2D eigenvalue weighted by molar-refractivity contribution is 5.60. The Morgan fingerprint density at radius 3 is 2.38 bits per heavy atom. The molecule has 3 aliphatic rings. The summed E-state index contributed by atoms with van der Waals surface area (Å²) in [6, 6.07) is 8.13. The summed E-state index contributed by atoms with van der Waals surface area (Å²) in [5.74, 6) is -1.75. The van der Waals surface area contributed by atoms with Crippen LogP contribution in [-0.2, 0) is 18.1 Å². The normalized spacial score (nSPS) is 28.2. The van der Waals surface area contributed by atoms with Crippen LogP contribution in [0.4, 0.5) is 22.0 Å². The van der Waals surface area contributed by atoms with Crippen LogP contribution in [0.2, 0.25) is 0 Å². The number of fused-ring (bicyclic) bond motifs is 3. The minimum Gasteiger partial charge on any atom is -0.277 e. The van der Waals surface area contributed by atoms with Gasteiger partial charge in [-0.25, -0.2) is 13.5 Å². The number of hydrogen-bond donors (Lipinski definition) is 0. The first-order valence-corrected chi connectivity index (χ1v) is 11.3. The maximum Gasteiger partial charge on any atom is 0.416 e. The average Bonchev–Trinajstić information content (AvgIpc) is 2.89. The van der Waals surface area contributed by atoms with Gasteiger partial charge in [-0.2, -0.15) is 13.2 Å². The predicted octanol–water partition coefficient (Wildman–Crippen LogP) is 6.16. The highest BCUT2D eigenvalue weighted by Crippen LogP contribution is 2.92. The molecule has 3 nitrogen and oxygen atoms in total. The van der Waals surface area contributed by atoms with Gasteiger partial charge in [0.25, 0.3) is 5.56 Å². The molecule has 1 heterocycles. The lowest BCUT2D eigenvalue weighted by molar-refractivity contribution is -0.138. The Hall–Kier alpha value is -2.90. The summed E-state index contributed by atoms with van der Waals surface area (Å²) >= 11 is 0. The van der Waals surface area contributed by atoms with Crippen molar-refractivity contribution in [3.63, 3.8) is 0 Å². The van der Waals surface area contributed by atoms with E-state index >= 15 is 0 Å². The van der Waals surface area contributed by atoms with Crippen LogP contribution in [0.15, 0.2) is 47.3 Å². The maximum atomic E-state index is 14.9. The summed E-state index contributed by atoms with van der Waals surface area (Å²) in [6.07, 6.45) is -2.82. The van der Waals surface area contributed by atoms with Crippen molar-refractivity contribution >= 4 is 0 Å². The van der Waals surface area contributed by atoms with Gasteiger partial charge in [0.05, 0.1) is 17.8 Å². The Balaban J connectivity index is 1.65. The minimum atomic E-state index is -4.58. The first-order chi connectivity index (χ1) is 15.9. The fraction of sp³-hybridized carbons (Fsp3) is 0.423.